The van der Waals surface area contributed by atoms with Crippen LogP contribution in [0.3, 0.4) is 0 Å². The minimum absolute atomic E-state index is 0.208. The Morgan fingerprint density at radius 1 is 1.36 bits per heavy atom. The van der Waals surface area contributed by atoms with E-state index in [1.165, 1.54) is 20.3 Å². The first-order valence-electron chi connectivity index (χ1n) is 3.80. The van der Waals surface area contributed by atoms with Crippen molar-refractivity contribution in [3.8, 4) is 0 Å². The zero-order chi connectivity index (χ0) is 10.7. The Morgan fingerprint density at radius 2 is 1.93 bits per heavy atom. The number of halogens is 3. The normalized spacial score (nSPS) is 11.0. The minimum Gasteiger partial charge on any atom is -0.352 e. The third-order valence-corrected chi connectivity index (χ3v) is 2.48. The van der Waals surface area contributed by atoms with E-state index < -0.39 is 12.1 Å². The molecule has 0 heterocycles. The summed E-state index contributed by atoms with van der Waals surface area (Å²) in [5.41, 5.74) is 0.208. The molecule has 0 saturated carbocycles. The zero-order valence-electron chi connectivity index (χ0n) is 7.68. The third-order valence-electron chi connectivity index (χ3n) is 1.71. The molecule has 14 heavy (non-hydrogen) atoms. The van der Waals surface area contributed by atoms with E-state index in [2.05, 4.69) is 15.9 Å². The van der Waals surface area contributed by atoms with Crippen LogP contribution in [0.1, 0.15) is 11.9 Å². The van der Waals surface area contributed by atoms with Crippen molar-refractivity contribution in [2.75, 3.05) is 14.2 Å². The predicted molar refractivity (Wildman–Crippen MR) is 55.9 cm³/mol. The van der Waals surface area contributed by atoms with Crippen LogP contribution in [0.4, 0.5) is 4.39 Å². The molecule has 0 radical (unpaired) electrons. The molecule has 0 unspecified atom stereocenters. The molecule has 0 aliphatic rings. The van der Waals surface area contributed by atoms with Crippen molar-refractivity contribution in [3.63, 3.8) is 0 Å². The summed E-state index contributed by atoms with van der Waals surface area (Å²) < 4.78 is 23.9. The van der Waals surface area contributed by atoms with E-state index in [0.29, 0.717) is 4.47 Å². The number of methoxy groups -OCH3 is 2. The summed E-state index contributed by atoms with van der Waals surface area (Å²) >= 11 is 8.99. The highest BCUT2D eigenvalue weighted by Gasteiger charge is 2.18. The van der Waals surface area contributed by atoms with Gasteiger partial charge in [0.15, 0.2) is 6.29 Å². The Balaban J connectivity index is 3.19. The monoisotopic (exact) mass is 282 g/mol. The molecule has 0 spiro atoms. The molecule has 78 valence electrons. The average molecular weight is 284 g/mol. The minimum atomic E-state index is -0.782. The van der Waals surface area contributed by atoms with Gasteiger partial charge in [-0.3, -0.25) is 0 Å². The lowest BCUT2D eigenvalue weighted by atomic mass is 10.2. The lowest BCUT2D eigenvalue weighted by Gasteiger charge is -2.16. The van der Waals surface area contributed by atoms with Crippen LogP contribution < -0.4 is 0 Å². The van der Waals surface area contributed by atoms with Crippen molar-refractivity contribution in [3.05, 3.63) is 33.0 Å². The van der Waals surface area contributed by atoms with E-state index in [0.717, 1.165) is 0 Å². The zero-order valence-corrected chi connectivity index (χ0v) is 10.0. The Kier molecular flexibility index (Phi) is 4.31. The second-order valence-corrected chi connectivity index (χ2v) is 3.91. The molecular formula is C9H9BrClFO2. The molecular weight excluding hydrogens is 274 g/mol. The largest absolute Gasteiger partial charge is 0.352 e. The van der Waals surface area contributed by atoms with Crippen LogP contribution in [0, 0.1) is 5.82 Å². The summed E-state index contributed by atoms with van der Waals surface area (Å²) in [5, 5.41) is 0.269. The SMILES string of the molecule is COC(OC)c1c(F)cc(Br)cc1Cl. The van der Waals surface area contributed by atoms with Gasteiger partial charge in [0.2, 0.25) is 0 Å². The lowest BCUT2D eigenvalue weighted by molar-refractivity contribution is -0.107. The number of hydrogen-bond donors (Lipinski definition) is 0. The smallest absolute Gasteiger partial charge is 0.187 e. The van der Waals surface area contributed by atoms with Gasteiger partial charge in [0.25, 0.3) is 0 Å². The van der Waals surface area contributed by atoms with Crippen molar-refractivity contribution >= 4 is 27.5 Å². The molecule has 0 saturated heterocycles. The lowest BCUT2D eigenvalue weighted by Crippen LogP contribution is -2.07. The molecule has 0 aromatic heterocycles. The molecule has 0 aliphatic heterocycles. The summed E-state index contributed by atoms with van der Waals surface area (Å²) in [7, 11) is 2.85. The molecule has 1 rings (SSSR count). The molecule has 5 heteroatoms. The first-order valence-corrected chi connectivity index (χ1v) is 4.97. The maximum absolute atomic E-state index is 13.5. The molecule has 1 aromatic rings. The fourth-order valence-electron chi connectivity index (χ4n) is 1.11. The van der Waals surface area contributed by atoms with Crippen LogP contribution in [0.5, 0.6) is 0 Å². The second-order valence-electron chi connectivity index (χ2n) is 2.59. The van der Waals surface area contributed by atoms with Crippen LogP contribution in [0.25, 0.3) is 0 Å². The fourth-order valence-corrected chi connectivity index (χ4v) is 1.97. The van der Waals surface area contributed by atoms with Gasteiger partial charge in [-0.15, -0.1) is 0 Å². The van der Waals surface area contributed by atoms with E-state index >= 15 is 0 Å². The molecule has 0 N–H and O–H groups in total. The van der Waals surface area contributed by atoms with Crippen molar-refractivity contribution in [2.45, 2.75) is 6.29 Å². The van der Waals surface area contributed by atoms with Crippen molar-refractivity contribution in [2.24, 2.45) is 0 Å². The van der Waals surface area contributed by atoms with Gasteiger partial charge in [-0.2, -0.15) is 0 Å². The molecule has 0 fully saturated rings. The van der Waals surface area contributed by atoms with Gasteiger partial charge in [-0.05, 0) is 12.1 Å². The number of benzene rings is 1. The van der Waals surface area contributed by atoms with Gasteiger partial charge in [-0.1, -0.05) is 27.5 Å². The summed E-state index contributed by atoms with van der Waals surface area (Å²) in [6.45, 7) is 0. The second kappa shape index (κ2) is 5.07. The predicted octanol–water partition coefficient (Wildman–Crippen LogP) is 3.53. The topological polar surface area (TPSA) is 18.5 Å². The molecule has 0 atom stereocenters. The van der Waals surface area contributed by atoms with E-state index in [1.54, 1.807) is 6.07 Å². The summed E-state index contributed by atoms with van der Waals surface area (Å²) in [5.74, 6) is -0.460. The van der Waals surface area contributed by atoms with Crippen LogP contribution >= 0.6 is 27.5 Å². The standard InChI is InChI=1S/C9H9BrClFO2/c1-13-9(14-2)8-6(11)3-5(10)4-7(8)12/h3-4,9H,1-2H3. The van der Waals surface area contributed by atoms with E-state index in [4.69, 9.17) is 21.1 Å². The number of rotatable bonds is 3. The first-order chi connectivity index (χ1) is 6.60. The molecule has 0 amide bonds. The van der Waals surface area contributed by atoms with Gasteiger partial charge in [0.05, 0.1) is 10.6 Å². The van der Waals surface area contributed by atoms with Gasteiger partial charge < -0.3 is 9.47 Å². The first kappa shape index (κ1) is 11.9. The maximum Gasteiger partial charge on any atom is 0.187 e. The van der Waals surface area contributed by atoms with Gasteiger partial charge in [-0.25, -0.2) is 4.39 Å². The van der Waals surface area contributed by atoms with Crippen molar-refractivity contribution in [1.82, 2.24) is 0 Å². The summed E-state index contributed by atoms with van der Waals surface area (Å²) in [6, 6.07) is 2.90. The highest BCUT2D eigenvalue weighted by molar-refractivity contribution is 9.10. The Hall–Kier alpha value is -0.160. The Morgan fingerprint density at radius 3 is 2.36 bits per heavy atom. The number of ether oxygens (including phenoxy) is 2. The maximum atomic E-state index is 13.5. The summed E-state index contributed by atoms with van der Waals surface area (Å²) in [6.07, 6.45) is -0.782. The van der Waals surface area contributed by atoms with Crippen LogP contribution in [0.2, 0.25) is 5.02 Å². The quantitative estimate of drug-likeness (QED) is 0.790. The highest BCUT2D eigenvalue weighted by Crippen LogP contribution is 2.31. The van der Waals surface area contributed by atoms with Crippen LogP contribution in [-0.2, 0) is 9.47 Å². The molecule has 0 aliphatic carbocycles. The van der Waals surface area contributed by atoms with Crippen molar-refractivity contribution in [1.29, 1.82) is 0 Å². The van der Waals surface area contributed by atoms with E-state index in [-0.39, 0.29) is 10.6 Å². The van der Waals surface area contributed by atoms with Gasteiger partial charge >= 0.3 is 0 Å². The Labute approximate surface area is 95.1 Å². The van der Waals surface area contributed by atoms with Gasteiger partial charge in [0.1, 0.15) is 5.82 Å². The molecule has 2 nitrogen and oxygen atoms in total. The van der Waals surface area contributed by atoms with E-state index in [9.17, 15) is 4.39 Å². The van der Waals surface area contributed by atoms with E-state index in [1.807, 2.05) is 0 Å². The molecule has 1 aromatic carbocycles. The van der Waals surface area contributed by atoms with Gasteiger partial charge in [0, 0.05) is 18.7 Å². The van der Waals surface area contributed by atoms with Crippen LogP contribution in [-0.4, -0.2) is 14.2 Å². The average Bonchev–Trinajstić information content (AvgIpc) is 2.10. The Bertz CT molecular complexity index is 306. The fraction of sp³-hybridized carbons (Fsp3) is 0.333. The highest BCUT2D eigenvalue weighted by atomic mass is 79.9. The van der Waals surface area contributed by atoms with Crippen molar-refractivity contribution < 1.29 is 13.9 Å². The third kappa shape index (κ3) is 2.45. The number of hydrogen-bond acceptors (Lipinski definition) is 2. The molecule has 0 bridgehead atoms. The summed E-state index contributed by atoms with van der Waals surface area (Å²) in [4.78, 5) is 0. The van der Waals surface area contributed by atoms with Crippen LogP contribution in [0.15, 0.2) is 16.6 Å².